The van der Waals surface area contributed by atoms with E-state index in [-0.39, 0.29) is 0 Å². The number of nitrogens with zero attached hydrogens (tertiary/aromatic N) is 2. The lowest BCUT2D eigenvalue weighted by Gasteiger charge is -2.19. The Morgan fingerprint density at radius 2 is 1.08 bits per heavy atom. The van der Waals surface area contributed by atoms with Crippen molar-refractivity contribution in [1.82, 2.24) is 4.98 Å². The zero-order chi connectivity index (χ0) is 32.7. The summed E-state index contributed by atoms with van der Waals surface area (Å²) >= 11 is 0. The van der Waals surface area contributed by atoms with Crippen LogP contribution in [-0.2, 0) is 0 Å². The van der Waals surface area contributed by atoms with Crippen LogP contribution in [0.3, 0.4) is 0 Å². The molecule has 2 nitrogen and oxygen atoms in total. The van der Waals surface area contributed by atoms with Crippen LogP contribution < -0.4 is 0 Å². The van der Waals surface area contributed by atoms with Crippen LogP contribution in [0.4, 0.5) is 0 Å². The number of dihydropyridines is 1. The van der Waals surface area contributed by atoms with Gasteiger partial charge in [0.2, 0.25) is 0 Å². The van der Waals surface area contributed by atoms with Gasteiger partial charge in [0.05, 0.1) is 17.4 Å². The molecule has 7 aromatic carbocycles. The molecule has 2 heterocycles. The number of allylic oxidation sites excluding steroid dienone is 1. The van der Waals surface area contributed by atoms with Gasteiger partial charge in [-0.05, 0) is 109 Å². The predicted octanol–water partition coefficient (Wildman–Crippen LogP) is 12.3. The molecular formula is C47H34N2. The van der Waals surface area contributed by atoms with E-state index in [0.717, 1.165) is 29.0 Å². The first kappa shape index (κ1) is 29.1. The van der Waals surface area contributed by atoms with Crippen molar-refractivity contribution in [3.63, 3.8) is 0 Å². The molecule has 0 N–H and O–H groups in total. The van der Waals surface area contributed by atoms with Crippen LogP contribution >= 0.6 is 0 Å². The Labute approximate surface area is 286 Å². The van der Waals surface area contributed by atoms with Gasteiger partial charge in [-0.25, -0.2) is 0 Å². The van der Waals surface area contributed by atoms with E-state index in [1.807, 2.05) is 18.3 Å². The second-order valence-electron chi connectivity index (χ2n) is 13.0. The number of hydrogen-bond acceptors (Lipinski definition) is 2. The van der Waals surface area contributed by atoms with E-state index in [0.29, 0.717) is 6.04 Å². The van der Waals surface area contributed by atoms with Crippen LogP contribution in [-0.4, -0.2) is 16.7 Å². The fourth-order valence-electron chi connectivity index (χ4n) is 7.47. The first-order chi connectivity index (χ1) is 24.2. The molecule has 0 bridgehead atoms. The summed E-state index contributed by atoms with van der Waals surface area (Å²) in [6, 6.07) is 55.5. The van der Waals surface area contributed by atoms with Gasteiger partial charge in [0, 0.05) is 11.8 Å². The largest absolute Gasteiger partial charge is 0.281 e. The quantitative estimate of drug-likeness (QED) is 0.175. The third kappa shape index (κ3) is 5.23. The van der Waals surface area contributed by atoms with E-state index < -0.39 is 0 Å². The summed E-state index contributed by atoms with van der Waals surface area (Å²) in [6.45, 7) is 2.18. The van der Waals surface area contributed by atoms with E-state index in [4.69, 9.17) is 4.99 Å². The smallest absolute Gasteiger partial charge is 0.0701 e. The zero-order valence-corrected chi connectivity index (χ0v) is 27.3. The third-order valence-corrected chi connectivity index (χ3v) is 9.84. The van der Waals surface area contributed by atoms with E-state index in [1.165, 1.54) is 65.7 Å². The van der Waals surface area contributed by atoms with Gasteiger partial charge in [0.1, 0.15) is 0 Å². The molecule has 8 aromatic rings. The van der Waals surface area contributed by atoms with Crippen LogP contribution in [0.1, 0.15) is 18.9 Å². The Morgan fingerprint density at radius 1 is 0.490 bits per heavy atom. The fourth-order valence-corrected chi connectivity index (χ4v) is 7.47. The van der Waals surface area contributed by atoms with E-state index >= 15 is 0 Å². The van der Waals surface area contributed by atoms with Gasteiger partial charge in [0.25, 0.3) is 0 Å². The van der Waals surface area contributed by atoms with Gasteiger partial charge in [-0.2, -0.15) is 0 Å². The number of hydrogen-bond donors (Lipinski definition) is 0. The Balaban J connectivity index is 1.30. The molecule has 49 heavy (non-hydrogen) atoms. The maximum atomic E-state index is 4.92. The molecule has 0 fully saturated rings. The molecule has 0 amide bonds. The van der Waals surface area contributed by atoms with Crippen molar-refractivity contribution in [2.45, 2.75) is 19.4 Å². The monoisotopic (exact) mass is 626 g/mol. The van der Waals surface area contributed by atoms with Gasteiger partial charge in [-0.3, -0.25) is 9.98 Å². The van der Waals surface area contributed by atoms with Crippen LogP contribution in [0.25, 0.3) is 77.0 Å². The number of rotatable bonds is 5. The van der Waals surface area contributed by atoms with Crippen LogP contribution in [0.15, 0.2) is 175 Å². The molecule has 0 radical (unpaired) electrons. The van der Waals surface area contributed by atoms with E-state index in [9.17, 15) is 0 Å². The number of aliphatic imine (C=N–C) groups is 1. The standard InChI is InChI=1S/C47H34N2/c1-31-10-8-18-45(49-31)34-21-25-36(26-22-34)47-41-15-5-4-14-40(41)46(35-23-19-33(20-24-35)44-17-6-7-29-48-44)42-28-27-37(30-43(42)47)39-16-9-12-32-11-2-3-13-38(32)39/h2-9,11-31H,10H2,1H3. The minimum absolute atomic E-state index is 0.311. The maximum Gasteiger partial charge on any atom is 0.0701 e. The molecule has 1 aliphatic rings. The fraction of sp³-hybridized carbons (Fsp3) is 0.0638. The highest BCUT2D eigenvalue weighted by Crippen LogP contribution is 2.45. The van der Waals surface area contributed by atoms with Gasteiger partial charge >= 0.3 is 0 Å². The number of benzene rings is 7. The van der Waals surface area contributed by atoms with Gasteiger partial charge in [-0.15, -0.1) is 0 Å². The van der Waals surface area contributed by atoms with Gasteiger partial charge < -0.3 is 0 Å². The van der Waals surface area contributed by atoms with E-state index in [2.05, 4.69) is 164 Å². The average molecular weight is 627 g/mol. The molecular weight excluding hydrogens is 593 g/mol. The van der Waals surface area contributed by atoms with Crippen molar-refractivity contribution >= 4 is 38.0 Å². The molecule has 1 aliphatic heterocycles. The second kappa shape index (κ2) is 12.2. The molecule has 9 rings (SSSR count). The average Bonchev–Trinajstić information content (AvgIpc) is 3.17. The van der Waals surface area contributed by atoms with Crippen molar-refractivity contribution in [1.29, 1.82) is 0 Å². The summed E-state index contributed by atoms with van der Waals surface area (Å²) < 4.78 is 0. The molecule has 232 valence electrons. The molecule has 1 atom stereocenters. The topological polar surface area (TPSA) is 25.2 Å². The number of pyridine rings is 1. The summed E-state index contributed by atoms with van der Waals surface area (Å²) in [6.07, 6.45) is 7.24. The lowest BCUT2D eigenvalue weighted by Crippen LogP contribution is -2.08. The zero-order valence-electron chi connectivity index (χ0n) is 27.3. The van der Waals surface area contributed by atoms with Crippen LogP contribution in [0.2, 0.25) is 0 Å². The van der Waals surface area contributed by atoms with Crippen molar-refractivity contribution in [3.8, 4) is 44.6 Å². The summed E-state index contributed by atoms with van der Waals surface area (Å²) in [5.41, 5.74) is 11.6. The van der Waals surface area contributed by atoms with Crippen LogP contribution in [0, 0.1) is 0 Å². The Bertz CT molecular complexity index is 2550. The first-order valence-electron chi connectivity index (χ1n) is 17.0. The van der Waals surface area contributed by atoms with Crippen LogP contribution in [0.5, 0.6) is 0 Å². The Morgan fingerprint density at radius 3 is 1.80 bits per heavy atom. The summed E-state index contributed by atoms with van der Waals surface area (Å²) in [7, 11) is 0. The van der Waals surface area contributed by atoms with Crippen molar-refractivity contribution in [3.05, 3.63) is 176 Å². The molecule has 1 unspecified atom stereocenters. The second-order valence-corrected chi connectivity index (χ2v) is 13.0. The van der Waals surface area contributed by atoms with Crippen molar-refractivity contribution < 1.29 is 0 Å². The third-order valence-electron chi connectivity index (χ3n) is 9.84. The van der Waals surface area contributed by atoms with E-state index in [1.54, 1.807) is 0 Å². The highest BCUT2D eigenvalue weighted by molar-refractivity contribution is 6.22. The Kier molecular flexibility index (Phi) is 7.21. The lowest BCUT2D eigenvalue weighted by atomic mass is 9.84. The summed E-state index contributed by atoms with van der Waals surface area (Å²) in [5, 5.41) is 7.47. The first-order valence-corrected chi connectivity index (χ1v) is 17.0. The molecule has 0 saturated heterocycles. The number of fused-ring (bicyclic) bond motifs is 3. The summed E-state index contributed by atoms with van der Waals surface area (Å²) in [5.74, 6) is 0. The molecule has 1 aromatic heterocycles. The number of aromatic nitrogens is 1. The predicted molar refractivity (Wildman–Crippen MR) is 208 cm³/mol. The maximum absolute atomic E-state index is 4.92. The van der Waals surface area contributed by atoms with Crippen molar-refractivity contribution in [2.75, 3.05) is 0 Å². The minimum Gasteiger partial charge on any atom is -0.281 e. The Hall–Kier alpha value is -6.12. The molecule has 0 spiro atoms. The SMILES string of the molecule is CC1CC=CC(c2ccc(-c3c4ccccc4c(-c4ccc(-c5ccccn5)cc4)c4ccc(-c5cccc6ccccc56)cc34)cc2)=N1. The minimum atomic E-state index is 0.311. The van der Waals surface area contributed by atoms with Gasteiger partial charge in [-0.1, -0.05) is 140 Å². The lowest BCUT2D eigenvalue weighted by molar-refractivity contribution is 0.753. The summed E-state index contributed by atoms with van der Waals surface area (Å²) in [4.78, 5) is 9.51. The normalized spacial score (nSPS) is 14.4. The molecule has 0 aliphatic carbocycles. The highest BCUT2D eigenvalue weighted by Gasteiger charge is 2.19. The van der Waals surface area contributed by atoms with Crippen molar-refractivity contribution in [2.24, 2.45) is 4.99 Å². The molecule has 2 heteroatoms. The van der Waals surface area contributed by atoms with Gasteiger partial charge in [0.15, 0.2) is 0 Å². The molecule has 0 saturated carbocycles. The highest BCUT2D eigenvalue weighted by atomic mass is 14.8.